The second-order valence-electron chi connectivity index (χ2n) is 5.11. The molecule has 22 heavy (non-hydrogen) atoms. The Labute approximate surface area is 137 Å². The van der Waals surface area contributed by atoms with Gasteiger partial charge >= 0.3 is 0 Å². The molecule has 116 valence electrons. The van der Waals surface area contributed by atoms with Crippen LogP contribution in [0.5, 0.6) is 5.75 Å². The summed E-state index contributed by atoms with van der Waals surface area (Å²) in [7, 11) is 1.65. The van der Waals surface area contributed by atoms with Gasteiger partial charge in [0.1, 0.15) is 5.75 Å². The van der Waals surface area contributed by atoms with Gasteiger partial charge in [-0.15, -0.1) is 0 Å². The van der Waals surface area contributed by atoms with Crippen LogP contribution < -0.4 is 15.4 Å². The molecule has 2 N–H and O–H groups in total. The first-order valence-electron chi connectivity index (χ1n) is 7.52. The number of hydrogen-bond acceptors (Lipinski definition) is 2. The first-order chi connectivity index (χ1) is 10.7. The fourth-order valence-electron chi connectivity index (χ4n) is 2.13. The summed E-state index contributed by atoms with van der Waals surface area (Å²) in [5.41, 5.74) is 3.25. The number of unbranched alkanes of at least 4 members (excludes halogenated alkanes) is 1. The zero-order valence-corrected chi connectivity index (χ0v) is 13.9. The highest BCUT2D eigenvalue weighted by molar-refractivity contribution is 7.80. The smallest absolute Gasteiger partial charge is 0.175 e. The number of benzene rings is 2. The lowest BCUT2D eigenvalue weighted by molar-refractivity contribution is 0.415. The Morgan fingerprint density at radius 3 is 2.45 bits per heavy atom. The Morgan fingerprint density at radius 2 is 1.77 bits per heavy atom. The lowest BCUT2D eigenvalue weighted by atomic mass is 10.1. The van der Waals surface area contributed by atoms with Crippen molar-refractivity contribution in [1.29, 1.82) is 0 Å². The van der Waals surface area contributed by atoms with Crippen LogP contribution in [0.4, 0.5) is 11.4 Å². The summed E-state index contributed by atoms with van der Waals surface area (Å²) >= 11 is 5.34. The van der Waals surface area contributed by atoms with Crippen LogP contribution >= 0.6 is 12.2 Å². The van der Waals surface area contributed by atoms with Gasteiger partial charge in [-0.2, -0.15) is 0 Å². The number of hydrogen-bond donors (Lipinski definition) is 2. The molecule has 0 unspecified atom stereocenters. The molecule has 0 atom stereocenters. The molecule has 0 radical (unpaired) electrons. The summed E-state index contributed by atoms with van der Waals surface area (Å²) in [4.78, 5) is 0. The second kappa shape index (κ2) is 8.39. The lowest BCUT2D eigenvalue weighted by Crippen LogP contribution is -2.19. The molecule has 0 bridgehead atoms. The van der Waals surface area contributed by atoms with Crippen molar-refractivity contribution in [2.24, 2.45) is 0 Å². The number of methoxy groups -OCH3 is 1. The minimum Gasteiger partial charge on any atom is -0.497 e. The number of rotatable bonds is 6. The monoisotopic (exact) mass is 314 g/mol. The molecule has 2 aromatic carbocycles. The molecule has 0 heterocycles. The van der Waals surface area contributed by atoms with E-state index in [4.69, 9.17) is 17.0 Å². The fraction of sp³-hybridized carbons (Fsp3) is 0.278. The molecule has 4 heteroatoms. The maximum Gasteiger partial charge on any atom is 0.175 e. The summed E-state index contributed by atoms with van der Waals surface area (Å²) in [5, 5.41) is 6.91. The van der Waals surface area contributed by atoms with Gasteiger partial charge < -0.3 is 15.4 Å². The van der Waals surface area contributed by atoms with Crippen LogP contribution in [0.2, 0.25) is 0 Å². The SMILES string of the molecule is CCCCc1ccc(NC(=S)Nc2cccc(OC)c2)cc1. The standard InChI is InChI=1S/C18H22N2OS/c1-3-4-6-14-9-11-15(12-10-14)19-18(22)20-16-7-5-8-17(13-16)21-2/h5,7-13H,3-4,6H2,1-2H3,(H2,19,20,22). The third-order valence-electron chi connectivity index (χ3n) is 3.36. The highest BCUT2D eigenvalue weighted by atomic mass is 32.1. The zero-order valence-electron chi connectivity index (χ0n) is 13.1. The second-order valence-corrected chi connectivity index (χ2v) is 5.52. The zero-order chi connectivity index (χ0) is 15.8. The number of aryl methyl sites for hydroxylation is 1. The van der Waals surface area contributed by atoms with E-state index in [0.717, 1.165) is 23.5 Å². The number of anilines is 2. The van der Waals surface area contributed by atoms with Crippen molar-refractivity contribution in [1.82, 2.24) is 0 Å². The largest absolute Gasteiger partial charge is 0.497 e. The van der Waals surface area contributed by atoms with Gasteiger partial charge in [0.05, 0.1) is 7.11 Å². The molecular formula is C18H22N2OS. The van der Waals surface area contributed by atoms with E-state index in [2.05, 4.69) is 41.8 Å². The van der Waals surface area contributed by atoms with Crippen molar-refractivity contribution in [2.45, 2.75) is 26.2 Å². The van der Waals surface area contributed by atoms with E-state index < -0.39 is 0 Å². The molecule has 0 spiro atoms. The molecule has 2 aromatic rings. The number of nitrogens with one attached hydrogen (secondary N) is 2. The van der Waals surface area contributed by atoms with Gasteiger partial charge in [-0.3, -0.25) is 0 Å². The Morgan fingerprint density at radius 1 is 1.05 bits per heavy atom. The summed E-state index contributed by atoms with van der Waals surface area (Å²) in [6.07, 6.45) is 3.57. The molecule has 3 nitrogen and oxygen atoms in total. The average Bonchev–Trinajstić information content (AvgIpc) is 2.54. The third-order valence-corrected chi connectivity index (χ3v) is 3.56. The normalized spacial score (nSPS) is 10.1. The van der Waals surface area contributed by atoms with Crippen LogP contribution in [0, 0.1) is 0 Å². The molecule has 0 aliphatic rings. The van der Waals surface area contributed by atoms with Gasteiger partial charge in [-0.25, -0.2) is 0 Å². The summed E-state index contributed by atoms with van der Waals surface area (Å²) in [5.74, 6) is 0.799. The van der Waals surface area contributed by atoms with E-state index in [-0.39, 0.29) is 0 Å². The van der Waals surface area contributed by atoms with Crippen LogP contribution in [-0.2, 0) is 6.42 Å². The average molecular weight is 314 g/mol. The van der Waals surface area contributed by atoms with Gasteiger partial charge in [-0.05, 0) is 54.9 Å². The summed E-state index contributed by atoms with van der Waals surface area (Å²) in [6.45, 7) is 2.21. The Hall–Kier alpha value is -2.07. The van der Waals surface area contributed by atoms with E-state index in [0.29, 0.717) is 5.11 Å². The van der Waals surface area contributed by atoms with Crippen LogP contribution in [0.25, 0.3) is 0 Å². The van der Waals surface area contributed by atoms with E-state index in [1.165, 1.54) is 18.4 Å². The summed E-state index contributed by atoms with van der Waals surface area (Å²) < 4.78 is 5.20. The molecule has 0 aliphatic heterocycles. The predicted molar refractivity (Wildman–Crippen MR) is 97.9 cm³/mol. The first kappa shape index (κ1) is 16.3. The third kappa shape index (κ3) is 5.04. The maximum atomic E-state index is 5.34. The maximum absolute atomic E-state index is 5.34. The molecular weight excluding hydrogens is 292 g/mol. The lowest BCUT2D eigenvalue weighted by Gasteiger charge is -2.12. The Bertz CT molecular complexity index is 611. The van der Waals surface area contributed by atoms with E-state index in [1.807, 2.05) is 24.3 Å². The van der Waals surface area contributed by atoms with Crippen LogP contribution in [0.15, 0.2) is 48.5 Å². The van der Waals surface area contributed by atoms with Crippen molar-refractivity contribution in [3.8, 4) is 5.75 Å². The van der Waals surface area contributed by atoms with Crippen molar-refractivity contribution < 1.29 is 4.74 Å². The molecule has 0 amide bonds. The van der Waals surface area contributed by atoms with Crippen molar-refractivity contribution in [3.05, 3.63) is 54.1 Å². The van der Waals surface area contributed by atoms with Crippen LogP contribution in [0.1, 0.15) is 25.3 Å². The van der Waals surface area contributed by atoms with Gasteiger partial charge in [-0.1, -0.05) is 31.5 Å². The molecule has 0 fully saturated rings. The van der Waals surface area contributed by atoms with Crippen molar-refractivity contribution in [3.63, 3.8) is 0 Å². The van der Waals surface area contributed by atoms with Crippen LogP contribution in [0.3, 0.4) is 0 Å². The highest BCUT2D eigenvalue weighted by Gasteiger charge is 2.01. The predicted octanol–water partition coefficient (Wildman–Crippen LogP) is 4.85. The summed E-state index contributed by atoms with van der Waals surface area (Å²) in [6, 6.07) is 16.1. The van der Waals surface area contributed by atoms with Gasteiger partial charge in [0.15, 0.2) is 5.11 Å². The minimum absolute atomic E-state index is 0.564. The topological polar surface area (TPSA) is 33.3 Å². The Kier molecular flexibility index (Phi) is 6.22. The molecule has 2 rings (SSSR count). The molecule has 0 saturated carbocycles. The number of thiocarbonyl (C=S) groups is 1. The first-order valence-corrected chi connectivity index (χ1v) is 7.93. The Balaban J connectivity index is 1.91. The van der Waals surface area contributed by atoms with Gasteiger partial charge in [0, 0.05) is 17.4 Å². The fourth-order valence-corrected chi connectivity index (χ4v) is 2.37. The minimum atomic E-state index is 0.564. The highest BCUT2D eigenvalue weighted by Crippen LogP contribution is 2.17. The van der Waals surface area contributed by atoms with Crippen molar-refractivity contribution in [2.75, 3.05) is 17.7 Å². The van der Waals surface area contributed by atoms with E-state index in [1.54, 1.807) is 7.11 Å². The number of ether oxygens (including phenoxy) is 1. The van der Waals surface area contributed by atoms with E-state index >= 15 is 0 Å². The van der Waals surface area contributed by atoms with Crippen molar-refractivity contribution >= 4 is 28.7 Å². The quantitative estimate of drug-likeness (QED) is 0.747. The van der Waals surface area contributed by atoms with Gasteiger partial charge in [0.25, 0.3) is 0 Å². The van der Waals surface area contributed by atoms with E-state index in [9.17, 15) is 0 Å². The van der Waals surface area contributed by atoms with Crippen LogP contribution in [-0.4, -0.2) is 12.2 Å². The van der Waals surface area contributed by atoms with Gasteiger partial charge in [0.2, 0.25) is 0 Å². The molecule has 0 aliphatic carbocycles. The molecule has 0 saturated heterocycles. The molecule has 0 aromatic heterocycles.